The van der Waals surface area contributed by atoms with E-state index in [2.05, 4.69) is 4.90 Å². The van der Waals surface area contributed by atoms with E-state index in [1.165, 1.54) is 27.8 Å². The molecule has 3 aromatic rings. The molecule has 0 bridgehead atoms. The number of anilines is 1. The van der Waals surface area contributed by atoms with Gasteiger partial charge in [-0.15, -0.1) is 12.4 Å². The highest BCUT2D eigenvalue weighted by Crippen LogP contribution is 2.31. The summed E-state index contributed by atoms with van der Waals surface area (Å²) in [4.78, 5) is 22.3. The molecule has 1 fully saturated rings. The smallest absolute Gasteiger partial charge is 0.260 e. The molecule has 1 aromatic heterocycles. The van der Waals surface area contributed by atoms with Gasteiger partial charge in [0, 0.05) is 25.2 Å². The quantitative estimate of drug-likeness (QED) is 0.435. The third-order valence-electron chi connectivity index (χ3n) is 5.78. The van der Waals surface area contributed by atoms with Gasteiger partial charge >= 0.3 is 0 Å². The van der Waals surface area contributed by atoms with Gasteiger partial charge in [-0.2, -0.15) is 4.31 Å². The number of carbonyl (C=O) groups is 1. The SMILES string of the molecule is Cc1cccc2sc(N(CCCN(C)C)C(=O)c3ccc(S(=O)(=O)N4CCOCC4)cc3)nc12.Cl. The summed E-state index contributed by atoms with van der Waals surface area (Å²) in [6.07, 6.45) is 0.789. The summed E-state index contributed by atoms with van der Waals surface area (Å²) in [5, 5.41) is 0.651. The van der Waals surface area contributed by atoms with Crippen LogP contribution in [0.25, 0.3) is 10.2 Å². The number of para-hydroxylation sites is 1. The van der Waals surface area contributed by atoms with Crippen LogP contribution in [0.4, 0.5) is 5.13 Å². The van der Waals surface area contributed by atoms with Crippen molar-refractivity contribution in [2.24, 2.45) is 0 Å². The Labute approximate surface area is 217 Å². The largest absolute Gasteiger partial charge is 0.379 e. The Bertz CT molecular complexity index is 1260. The first-order valence-electron chi connectivity index (χ1n) is 11.3. The van der Waals surface area contributed by atoms with E-state index in [9.17, 15) is 13.2 Å². The lowest BCUT2D eigenvalue weighted by Crippen LogP contribution is -2.40. The normalized spacial score (nSPS) is 14.7. The zero-order valence-corrected chi connectivity index (χ0v) is 22.6. The van der Waals surface area contributed by atoms with Crippen LogP contribution in [0.15, 0.2) is 47.4 Å². The van der Waals surface area contributed by atoms with Crippen LogP contribution < -0.4 is 4.90 Å². The highest BCUT2D eigenvalue weighted by atomic mass is 35.5. The van der Waals surface area contributed by atoms with Crippen molar-refractivity contribution >= 4 is 55.0 Å². The fourth-order valence-electron chi connectivity index (χ4n) is 3.88. The molecular weight excluding hydrogens is 508 g/mol. The summed E-state index contributed by atoms with van der Waals surface area (Å²) in [6, 6.07) is 12.2. The van der Waals surface area contributed by atoms with Crippen molar-refractivity contribution < 1.29 is 17.9 Å². The van der Waals surface area contributed by atoms with Crippen molar-refractivity contribution in [3.05, 3.63) is 53.6 Å². The third-order valence-corrected chi connectivity index (χ3v) is 8.74. The third kappa shape index (κ3) is 6.19. The number of hydrogen-bond donors (Lipinski definition) is 0. The lowest BCUT2D eigenvalue weighted by Gasteiger charge is -2.26. The van der Waals surface area contributed by atoms with Crippen LogP contribution in [0.1, 0.15) is 22.3 Å². The summed E-state index contributed by atoms with van der Waals surface area (Å²) >= 11 is 1.49. The van der Waals surface area contributed by atoms with Crippen molar-refractivity contribution in [1.82, 2.24) is 14.2 Å². The van der Waals surface area contributed by atoms with Gasteiger partial charge in [0.05, 0.1) is 28.3 Å². The van der Waals surface area contributed by atoms with Crippen molar-refractivity contribution in [1.29, 1.82) is 0 Å². The van der Waals surface area contributed by atoms with Crippen LogP contribution in [0.2, 0.25) is 0 Å². The fourth-order valence-corrected chi connectivity index (χ4v) is 6.36. The van der Waals surface area contributed by atoms with Crippen molar-refractivity contribution in [2.75, 3.05) is 58.4 Å². The number of halogens is 1. The summed E-state index contributed by atoms with van der Waals surface area (Å²) in [6.45, 7) is 4.81. The van der Waals surface area contributed by atoms with Crippen LogP contribution in [0, 0.1) is 6.92 Å². The molecule has 8 nitrogen and oxygen atoms in total. The second-order valence-electron chi connectivity index (χ2n) is 8.57. The van der Waals surface area contributed by atoms with Crippen LogP contribution in [0.5, 0.6) is 0 Å². The maximum atomic E-state index is 13.5. The maximum absolute atomic E-state index is 13.5. The average molecular weight is 539 g/mol. The van der Waals surface area contributed by atoms with Crippen LogP contribution >= 0.6 is 23.7 Å². The van der Waals surface area contributed by atoms with Crippen molar-refractivity contribution in [3.8, 4) is 0 Å². The number of fused-ring (bicyclic) bond motifs is 1. The van der Waals surface area contributed by atoms with Gasteiger partial charge in [-0.25, -0.2) is 13.4 Å². The molecule has 2 heterocycles. The standard InChI is InChI=1S/C24H30N4O4S2.ClH/c1-18-6-4-7-21-22(18)25-24(33-21)28(13-5-12-26(2)3)23(29)19-8-10-20(11-9-19)34(30,31)27-14-16-32-17-15-27;/h4,6-11H,5,12-17H2,1-3H3;1H. The number of benzene rings is 2. The summed E-state index contributed by atoms with van der Waals surface area (Å²) < 4.78 is 33.6. The Morgan fingerprint density at radius 2 is 1.77 bits per heavy atom. The van der Waals surface area contributed by atoms with Gasteiger partial charge in [-0.1, -0.05) is 23.5 Å². The Kier molecular flexibility index (Phi) is 9.25. The van der Waals surface area contributed by atoms with E-state index in [-0.39, 0.29) is 23.2 Å². The molecule has 0 N–H and O–H groups in total. The van der Waals surface area contributed by atoms with Crippen LogP contribution in [-0.2, 0) is 14.8 Å². The molecule has 1 aliphatic rings. The van der Waals surface area contributed by atoms with E-state index in [1.807, 2.05) is 39.2 Å². The number of amides is 1. The van der Waals surface area contributed by atoms with Crippen LogP contribution in [-0.4, -0.2) is 82.0 Å². The zero-order chi connectivity index (χ0) is 24.3. The van der Waals surface area contributed by atoms with E-state index in [0.29, 0.717) is 43.5 Å². The molecule has 0 radical (unpaired) electrons. The molecule has 11 heteroatoms. The first kappa shape index (κ1) is 27.5. The van der Waals surface area contributed by atoms with Gasteiger partial charge < -0.3 is 9.64 Å². The Balaban J connectivity index is 0.00000342. The van der Waals surface area contributed by atoms with Crippen molar-refractivity contribution in [2.45, 2.75) is 18.2 Å². The predicted octanol–water partition coefficient (Wildman–Crippen LogP) is 3.65. The molecule has 0 atom stereocenters. The number of hydrogen-bond acceptors (Lipinski definition) is 7. The monoisotopic (exact) mass is 538 g/mol. The molecule has 190 valence electrons. The van der Waals surface area contributed by atoms with Gasteiger partial charge in [-0.05, 0) is 69.9 Å². The number of rotatable bonds is 8. The van der Waals surface area contributed by atoms with Gasteiger partial charge in [-0.3, -0.25) is 9.69 Å². The zero-order valence-electron chi connectivity index (χ0n) is 20.1. The first-order valence-corrected chi connectivity index (χ1v) is 13.5. The minimum absolute atomic E-state index is 0. The molecule has 1 saturated heterocycles. The number of ether oxygens (including phenoxy) is 1. The van der Waals surface area contributed by atoms with E-state index in [1.54, 1.807) is 17.0 Å². The number of sulfonamides is 1. The van der Waals surface area contributed by atoms with E-state index in [0.717, 1.165) is 28.7 Å². The molecule has 35 heavy (non-hydrogen) atoms. The summed E-state index contributed by atoms with van der Waals surface area (Å²) in [5.41, 5.74) is 2.40. The Morgan fingerprint density at radius 3 is 2.40 bits per heavy atom. The predicted molar refractivity (Wildman–Crippen MR) is 142 cm³/mol. The highest BCUT2D eigenvalue weighted by Gasteiger charge is 2.27. The number of aryl methyl sites for hydroxylation is 1. The number of carbonyl (C=O) groups excluding carboxylic acids is 1. The molecule has 1 amide bonds. The topological polar surface area (TPSA) is 83.1 Å². The van der Waals surface area contributed by atoms with Crippen molar-refractivity contribution in [3.63, 3.8) is 0 Å². The minimum atomic E-state index is -3.61. The molecule has 1 aliphatic heterocycles. The number of nitrogens with zero attached hydrogens (tertiary/aromatic N) is 4. The minimum Gasteiger partial charge on any atom is -0.379 e. The maximum Gasteiger partial charge on any atom is 0.260 e. The van der Waals surface area contributed by atoms with E-state index < -0.39 is 10.0 Å². The van der Waals surface area contributed by atoms with Gasteiger partial charge in [0.2, 0.25) is 10.0 Å². The fraction of sp³-hybridized carbons (Fsp3) is 0.417. The summed E-state index contributed by atoms with van der Waals surface area (Å²) in [5.74, 6) is -0.189. The molecule has 4 rings (SSSR count). The first-order chi connectivity index (χ1) is 16.3. The highest BCUT2D eigenvalue weighted by molar-refractivity contribution is 7.89. The van der Waals surface area contributed by atoms with Crippen LogP contribution in [0.3, 0.4) is 0 Å². The molecule has 0 aliphatic carbocycles. The van der Waals surface area contributed by atoms with E-state index in [4.69, 9.17) is 9.72 Å². The number of morpholine rings is 1. The molecule has 2 aromatic carbocycles. The van der Waals surface area contributed by atoms with Gasteiger partial charge in [0.1, 0.15) is 0 Å². The number of aromatic nitrogens is 1. The number of thiazole rings is 1. The second kappa shape index (κ2) is 11.8. The Hall–Kier alpha value is -2.08. The average Bonchev–Trinajstić information content (AvgIpc) is 3.27. The molecule has 0 spiro atoms. The molecular formula is C24H31ClN4O4S2. The van der Waals surface area contributed by atoms with Gasteiger partial charge in [0.15, 0.2) is 5.13 Å². The second-order valence-corrected chi connectivity index (χ2v) is 11.5. The summed E-state index contributed by atoms with van der Waals surface area (Å²) in [7, 11) is 0.392. The Morgan fingerprint density at radius 1 is 1.09 bits per heavy atom. The lowest BCUT2D eigenvalue weighted by atomic mass is 10.2. The lowest BCUT2D eigenvalue weighted by molar-refractivity contribution is 0.0730. The molecule has 0 saturated carbocycles. The molecule has 0 unspecified atom stereocenters. The van der Waals surface area contributed by atoms with E-state index >= 15 is 0 Å². The van der Waals surface area contributed by atoms with Gasteiger partial charge in [0.25, 0.3) is 5.91 Å².